The van der Waals surface area contributed by atoms with Gasteiger partial charge in [0.25, 0.3) is 5.91 Å². The van der Waals surface area contributed by atoms with Crippen LogP contribution in [0.25, 0.3) is 0 Å². The molecule has 1 saturated heterocycles. The first-order chi connectivity index (χ1) is 9.84. The Bertz CT molecular complexity index is 536. The van der Waals surface area contributed by atoms with Crippen molar-refractivity contribution in [2.45, 2.75) is 12.6 Å². The third-order valence-electron chi connectivity index (χ3n) is 3.60. The number of nitrogens with one attached hydrogen (secondary N) is 1. The van der Waals surface area contributed by atoms with Crippen molar-refractivity contribution in [3.8, 4) is 0 Å². The van der Waals surface area contributed by atoms with Crippen molar-refractivity contribution in [2.75, 3.05) is 26.7 Å². The molecule has 124 valence electrons. The summed E-state index contributed by atoms with van der Waals surface area (Å²) in [5.41, 5.74) is -1.92. The summed E-state index contributed by atoms with van der Waals surface area (Å²) in [6.45, 7) is 1.57. The molecule has 1 aliphatic rings. The Kier molecular flexibility index (Phi) is 6.19. The van der Waals surface area contributed by atoms with E-state index in [2.05, 4.69) is 5.32 Å². The predicted molar refractivity (Wildman–Crippen MR) is 76.6 cm³/mol. The lowest BCUT2D eigenvalue weighted by Crippen LogP contribution is -2.31. The van der Waals surface area contributed by atoms with Gasteiger partial charge in [-0.25, -0.2) is 4.39 Å². The summed E-state index contributed by atoms with van der Waals surface area (Å²) in [7, 11) is 1.79. The van der Waals surface area contributed by atoms with Crippen LogP contribution < -0.4 is 5.32 Å². The highest BCUT2D eigenvalue weighted by atomic mass is 35.5. The number of likely N-dealkylation sites (tertiary alicyclic amines) is 1. The minimum absolute atomic E-state index is 0. The van der Waals surface area contributed by atoms with E-state index in [0.717, 1.165) is 25.1 Å². The molecule has 3 nitrogen and oxygen atoms in total. The fourth-order valence-electron chi connectivity index (χ4n) is 2.56. The number of hydrogen-bond donors (Lipinski definition) is 1. The topological polar surface area (TPSA) is 32.3 Å². The highest BCUT2D eigenvalue weighted by Gasteiger charge is 2.37. The molecule has 0 spiro atoms. The van der Waals surface area contributed by atoms with Crippen molar-refractivity contribution in [2.24, 2.45) is 5.92 Å². The largest absolute Gasteiger partial charge is 0.419 e. The molecule has 1 heterocycles. The molecule has 1 aromatic rings. The molecule has 0 bridgehead atoms. The third kappa shape index (κ3) is 3.89. The van der Waals surface area contributed by atoms with Crippen molar-refractivity contribution in [1.29, 1.82) is 0 Å². The van der Waals surface area contributed by atoms with Gasteiger partial charge in [-0.05, 0) is 38.1 Å². The molecule has 1 unspecified atom stereocenters. The van der Waals surface area contributed by atoms with E-state index in [-0.39, 0.29) is 18.3 Å². The average molecular weight is 341 g/mol. The lowest BCUT2D eigenvalue weighted by Gasteiger charge is -2.18. The van der Waals surface area contributed by atoms with E-state index in [0.29, 0.717) is 19.2 Å². The predicted octanol–water partition coefficient (Wildman–Crippen LogP) is 2.95. The number of benzene rings is 1. The lowest BCUT2D eigenvalue weighted by atomic mass is 10.1. The molecule has 8 heteroatoms. The van der Waals surface area contributed by atoms with E-state index in [1.54, 1.807) is 7.05 Å². The third-order valence-corrected chi connectivity index (χ3v) is 3.60. The number of nitrogens with zero attached hydrogens (tertiary/aromatic N) is 1. The van der Waals surface area contributed by atoms with E-state index in [4.69, 9.17) is 0 Å². The van der Waals surface area contributed by atoms with Gasteiger partial charge in [0.1, 0.15) is 5.82 Å². The normalized spacial score (nSPS) is 18.2. The maximum absolute atomic E-state index is 13.9. The summed E-state index contributed by atoms with van der Waals surface area (Å²) in [5, 5.41) is 2.99. The Hall–Kier alpha value is -1.34. The molecule has 0 saturated carbocycles. The fraction of sp³-hybridized carbons (Fsp3) is 0.500. The monoisotopic (exact) mass is 340 g/mol. The van der Waals surface area contributed by atoms with E-state index in [9.17, 15) is 22.4 Å². The summed E-state index contributed by atoms with van der Waals surface area (Å²) >= 11 is 0. The number of halogens is 5. The molecule has 1 aromatic carbocycles. The van der Waals surface area contributed by atoms with Gasteiger partial charge >= 0.3 is 6.18 Å². The Morgan fingerprint density at radius 3 is 2.68 bits per heavy atom. The Morgan fingerprint density at radius 2 is 2.09 bits per heavy atom. The molecular formula is C14H17ClF4N2O. The summed E-state index contributed by atoms with van der Waals surface area (Å²) in [6.07, 6.45) is -4.05. The van der Waals surface area contributed by atoms with Gasteiger partial charge in [-0.3, -0.25) is 4.79 Å². The summed E-state index contributed by atoms with van der Waals surface area (Å²) in [5.74, 6) is -1.93. The van der Waals surface area contributed by atoms with Crippen LogP contribution in [0.1, 0.15) is 22.3 Å². The Labute approximate surface area is 132 Å². The van der Waals surface area contributed by atoms with E-state index < -0.39 is 29.0 Å². The van der Waals surface area contributed by atoms with E-state index in [1.165, 1.54) is 4.90 Å². The first-order valence-electron chi connectivity index (χ1n) is 6.64. The molecule has 1 amide bonds. The summed E-state index contributed by atoms with van der Waals surface area (Å²) in [6, 6.07) is 2.79. The van der Waals surface area contributed by atoms with Crippen LogP contribution in [0.4, 0.5) is 17.6 Å². The zero-order valence-corrected chi connectivity index (χ0v) is 12.7. The molecule has 1 aliphatic heterocycles. The highest BCUT2D eigenvalue weighted by Crippen LogP contribution is 2.33. The van der Waals surface area contributed by atoms with Gasteiger partial charge in [-0.1, -0.05) is 6.07 Å². The molecule has 1 fully saturated rings. The van der Waals surface area contributed by atoms with Crippen molar-refractivity contribution in [3.63, 3.8) is 0 Å². The van der Waals surface area contributed by atoms with Gasteiger partial charge < -0.3 is 10.2 Å². The number of rotatable bonds is 3. The molecular weight excluding hydrogens is 324 g/mol. The van der Waals surface area contributed by atoms with Crippen LogP contribution >= 0.6 is 12.4 Å². The lowest BCUT2D eigenvalue weighted by molar-refractivity contribution is -0.140. The molecule has 0 aromatic heterocycles. The number of carbonyl (C=O) groups excluding carboxylic acids is 1. The van der Waals surface area contributed by atoms with Crippen LogP contribution in [-0.4, -0.2) is 37.5 Å². The van der Waals surface area contributed by atoms with Gasteiger partial charge in [0, 0.05) is 13.1 Å². The molecule has 1 N–H and O–H groups in total. The van der Waals surface area contributed by atoms with Crippen molar-refractivity contribution >= 4 is 18.3 Å². The van der Waals surface area contributed by atoms with Gasteiger partial charge in [0.15, 0.2) is 0 Å². The van der Waals surface area contributed by atoms with Crippen molar-refractivity contribution < 1.29 is 22.4 Å². The number of hydrogen-bond acceptors (Lipinski definition) is 2. The van der Waals surface area contributed by atoms with E-state index in [1.807, 2.05) is 0 Å². The van der Waals surface area contributed by atoms with Crippen LogP contribution in [0.3, 0.4) is 0 Å². The molecule has 22 heavy (non-hydrogen) atoms. The first-order valence-corrected chi connectivity index (χ1v) is 6.64. The van der Waals surface area contributed by atoms with E-state index >= 15 is 0 Å². The molecule has 0 aliphatic carbocycles. The Balaban J connectivity index is 0.00000242. The molecule has 0 radical (unpaired) electrons. The Morgan fingerprint density at radius 1 is 1.41 bits per heavy atom. The average Bonchev–Trinajstić information content (AvgIpc) is 2.86. The van der Waals surface area contributed by atoms with Crippen LogP contribution in [0.15, 0.2) is 18.2 Å². The maximum Gasteiger partial charge on any atom is 0.419 e. The van der Waals surface area contributed by atoms with Gasteiger partial charge in [-0.2, -0.15) is 13.2 Å². The standard InChI is InChI=1S/C14H16F4N2O.ClH/c1-19-7-9-5-6-20(8-9)13(21)10-3-2-4-11(12(10)15)14(16,17)18;/h2-4,9,19H,5-8H2,1H3;1H. The second kappa shape index (κ2) is 7.28. The second-order valence-corrected chi connectivity index (χ2v) is 5.13. The smallest absolute Gasteiger partial charge is 0.338 e. The van der Waals surface area contributed by atoms with Gasteiger partial charge in [0.2, 0.25) is 0 Å². The zero-order chi connectivity index (χ0) is 15.6. The molecule has 1 atom stereocenters. The maximum atomic E-state index is 13.9. The number of amides is 1. The molecule has 2 rings (SSSR count). The fourth-order valence-corrected chi connectivity index (χ4v) is 2.56. The second-order valence-electron chi connectivity index (χ2n) is 5.13. The van der Waals surface area contributed by atoms with Crippen LogP contribution in [0.5, 0.6) is 0 Å². The van der Waals surface area contributed by atoms with Gasteiger partial charge in [-0.15, -0.1) is 12.4 Å². The number of alkyl halides is 3. The van der Waals surface area contributed by atoms with Crippen molar-refractivity contribution in [1.82, 2.24) is 10.2 Å². The van der Waals surface area contributed by atoms with Crippen molar-refractivity contribution in [3.05, 3.63) is 35.1 Å². The minimum atomic E-state index is -4.81. The van der Waals surface area contributed by atoms with Gasteiger partial charge in [0.05, 0.1) is 11.1 Å². The minimum Gasteiger partial charge on any atom is -0.338 e. The highest BCUT2D eigenvalue weighted by molar-refractivity contribution is 5.95. The first kappa shape index (κ1) is 18.7. The SMILES string of the molecule is CNCC1CCN(C(=O)c2cccc(C(F)(F)F)c2F)C1.Cl. The van der Waals surface area contributed by atoms with Crippen LogP contribution in [-0.2, 0) is 6.18 Å². The van der Waals surface area contributed by atoms with Crippen LogP contribution in [0, 0.1) is 11.7 Å². The van der Waals surface area contributed by atoms with Crippen LogP contribution in [0.2, 0.25) is 0 Å². The quantitative estimate of drug-likeness (QED) is 0.858. The number of carbonyl (C=O) groups is 1. The summed E-state index contributed by atoms with van der Waals surface area (Å²) in [4.78, 5) is 13.6. The zero-order valence-electron chi connectivity index (χ0n) is 11.9. The summed E-state index contributed by atoms with van der Waals surface area (Å²) < 4.78 is 51.9.